The zero-order valence-electron chi connectivity index (χ0n) is 11.3. The van der Waals surface area contributed by atoms with Crippen molar-refractivity contribution >= 4 is 11.5 Å². The van der Waals surface area contributed by atoms with Gasteiger partial charge in [0.25, 0.3) is 0 Å². The fourth-order valence-corrected chi connectivity index (χ4v) is 2.60. The topological polar surface area (TPSA) is 44.3 Å². The Hall–Kier alpha value is -2.10. The number of fused-ring (bicyclic) bond motifs is 1. The Morgan fingerprint density at radius 2 is 2.21 bits per heavy atom. The molecule has 4 nitrogen and oxygen atoms in total. The summed E-state index contributed by atoms with van der Waals surface area (Å²) in [6.07, 6.45) is 5.53. The van der Waals surface area contributed by atoms with Gasteiger partial charge in [-0.05, 0) is 11.6 Å². The molecule has 1 aliphatic heterocycles. The molecule has 2 heterocycles. The van der Waals surface area contributed by atoms with E-state index in [1.807, 2.05) is 18.5 Å². The minimum Gasteiger partial charge on any atom is -0.353 e. The van der Waals surface area contributed by atoms with Gasteiger partial charge in [0.2, 0.25) is 0 Å². The lowest BCUT2D eigenvalue weighted by Crippen LogP contribution is -2.31. The Kier molecular flexibility index (Phi) is 3.07. The van der Waals surface area contributed by atoms with Crippen molar-refractivity contribution in [3.8, 4) is 0 Å². The number of imidazole rings is 1. The number of H-pyrrole nitrogens is 1. The Morgan fingerprint density at radius 1 is 1.37 bits per heavy atom. The van der Waals surface area contributed by atoms with Crippen molar-refractivity contribution in [2.75, 3.05) is 7.05 Å². The second-order valence-corrected chi connectivity index (χ2v) is 4.82. The van der Waals surface area contributed by atoms with E-state index in [4.69, 9.17) is 4.99 Å². The molecule has 0 spiro atoms. The smallest absolute Gasteiger partial charge is 0.129 e. The predicted molar refractivity (Wildman–Crippen MR) is 76.6 cm³/mol. The second-order valence-electron chi connectivity index (χ2n) is 4.82. The number of nitrogens with one attached hydrogen (secondary N) is 1. The first-order valence-corrected chi connectivity index (χ1v) is 6.67. The van der Waals surface area contributed by atoms with Crippen molar-refractivity contribution in [3.05, 3.63) is 48.0 Å². The van der Waals surface area contributed by atoms with Crippen molar-refractivity contribution in [1.29, 1.82) is 0 Å². The molecule has 1 aromatic carbocycles. The van der Waals surface area contributed by atoms with Crippen LogP contribution in [0.5, 0.6) is 0 Å². The fraction of sp³-hybridized carbons (Fsp3) is 0.333. The molecule has 19 heavy (non-hydrogen) atoms. The molecule has 1 aliphatic rings. The van der Waals surface area contributed by atoms with Gasteiger partial charge in [-0.15, -0.1) is 0 Å². The molecular formula is C15H18N4. The number of amidine groups is 1. The molecule has 0 amide bonds. The molecule has 1 N–H and O–H groups in total. The molecule has 1 atom stereocenters. The number of aromatic nitrogens is 2. The van der Waals surface area contributed by atoms with Gasteiger partial charge < -0.3 is 9.88 Å². The van der Waals surface area contributed by atoms with Gasteiger partial charge in [0.1, 0.15) is 11.7 Å². The molecule has 3 rings (SSSR count). The van der Waals surface area contributed by atoms with Crippen LogP contribution in [0.3, 0.4) is 0 Å². The summed E-state index contributed by atoms with van der Waals surface area (Å²) in [7, 11) is 2.10. The van der Waals surface area contributed by atoms with Crippen LogP contribution in [0.2, 0.25) is 0 Å². The van der Waals surface area contributed by atoms with Crippen LogP contribution < -0.4 is 0 Å². The average molecular weight is 254 g/mol. The van der Waals surface area contributed by atoms with Gasteiger partial charge in [0.15, 0.2) is 0 Å². The first-order chi connectivity index (χ1) is 9.29. The van der Waals surface area contributed by atoms with Gasteiger partial charge >= 0.3 is 0 Å². The van der Waals surface area contributed by atoms with E-state index in [1.54, 1.807) is 0 Å². The summed E-state index contributed by atoms with van der Waals surface area (Å²) in [4.78, 5) is 14.7. The van der Waals surface area contributed by atoms with Crippen molar-refractivity contribution in [1.82, 2.24) is 14.9 Å². The average Bonchev–Trinajstić information content (AvgIpc) is 2.92. The summed E-state index contributed by atoms with van der Waals surface area (Å²) in [5, 5.41) is 0. The summed E-state index contributed by atoms with van der Waals surface area (Å²) in [6, 6.07) is 8.58. The zero-order valence-corrected chi connectivity index (χ0v) is 11.3. The summed E-state index contributed by atoms with van der Waals surface area (Å²) in [5.41, 5.74) is 2.36. The minimum atomic E-state index is 0.220. The monoisotopic (exact) mass is 254 g/mol. The zero-order chi connectivity index (χ0) is 13.2. The molecule has 1 unspecified atom stereocenters. The number of aliphatic imine (C=N–C) groups is 1. The number of rotatable bonds is 2. The molecule has 4 heteroatoms. The number of para-hydroxylation sites is 1. The predicted octanol–water partition coefficient (Wildman–Crippen LogP) is 3.08. The van der Waals surface area contributed by atoms with Gasteiger partial charge in [-0.3, -0.25) is 0 Å². The standard InChI is InChI=1S/C15H18N4/c1-3-14-18-12-7-5-4-6-11(12)10-13(19(14)2)15-16-8-9-17-15/h4-9,13H,3,10H2,1-2H3,(H,16,17). The highest BCUT2D eigenvalue weighted by molar-refractivity contribution is 5.86. The van der Waals surface area contributed by atoms with Crippen molar-refractivity contribution in [3.63, 3.8) is 0 Å². The third-order valence-corrected chi connectivity index (χ3v) is 3.68. The van der Waals surface area contributed by atoms with E-state index in [-0.39, 0.29) is 6.04 Å². The van der Waals surface area contributed by atoms with Crippen molar-refractivity contribution < 1.29 is 0 Å². The normalized spacial score (nSPS) is 18.7. The van der Waals surface area contributed by atoms with Crippen LogP contribution in [-0.4, -0.2) is 27.8 Å². The Labute approximate surface area is 113 Å². The van der Waals surface area contributed by atoms with Crippen LogP contribution in [0.25, 0.3) is 0 Å². The highest BCUT2D eigenvalue weighted by atomic mass is 15.2. The second kappa shape index (κ2) is 4.88. The summed E-state index contributed by atoms with van der Waals surface area (Å²) in [5.74, 6) is 2.10. The highest BCUT2D eigenvalue weighted by Crippen LogP contribution is 2.31. The van der Waals surface area contributed by atoms with Gasteiger partial charge in [-0.1, -0.05) is 25.1 Å². The Morgan fingerprint density at radius 3 is 2.95 bits per heavy atom. The number of aromatic amines is 1. The number of likely N-dealkylation sites (N-methyl/N-ethyl adjacent to an activating group) is 1. The molecule has 1 aromatic heterocycles. The molecule has 98 valence electrons. The van der Waals surface area contributed by atoms with Crippen LogP contribution >= 0.6 is 0 Å². The summed E-state index contributed by atoms with van der Waals surface area (Å²) in [6.45, 7) is 2.14. The van der Waals surface area contributed by atoms with E-state index in [0.717, 1.165) is 30.2 Å². The maximum Gasteiger partial charge on any atom is 0.129 e. The first kappa shape index (κ1) is 12.0. The molecular weight excluding hydrogens is 236 g/mol. The molecule has 0 aliphatic carbocycles. The van der Waals surface area contributed by atoms with Crippen LogP contribution in [0.1, 0.15) is 30.8 Å². The van der Waals surface area contributed by atoms with E-state index < -0.39 is 0 Å². The quantitative estimate of drug-likeness (QED) is 0.895. The van der Waals surface area contributed by atoms with E-state index >= 15 is 0 Å². The summed E-state index contributed by atoms with van der Waals surface area (Å²) < 4.78 is 0. The SMILES string of the molecule is CCC1=Nc2ccccc2CC(c2ncc[nH]2)N1C. The van der Waals surface area contributed by atoms with Gasteiger partial charge in [0, 0.05) is 32.3 Å². The molecule has 0 bridgehead atoms. The van der Waals surface area contributed by atoms with Crippen LogP contribution in [0.15, 0.2) is 41.7 Å². The van der Waals surface area contributed by atoms with Crippen molar-refractivity contribution in [2.45, 2.75) is 25.8 Å². The third kappa shape index (κ3) is 2.14. The lowest BCUT2D eigenvalue weighted by molar-refractivity contribution is 0.356. The lowest BCUT2D eigenvalue weighted by Gasteiger charge is -2.27. The van der Waals surface area contributed by atoms with Gasteiger partial charge in [-0.25, -0.2) is 9.98 Å². The van der Waals surface area contributed by atoms with E-state index in [1.165, 1.54) is 5.56 Å². The van der Waals surface area contributed by atoms with E-state index in [2.05, 4.69) is 47.0 Å². The Balaban J connectivity index is 2.08. The first-order valence-electron chi connectivity index (χ1n) is 6.67. The maximum atomic E-state index is 4.80. The number of nitrogens with zero attached hydrogens (tertiary/aromatic N) is 3. The minimum absolute atomic E-state index is 0.220. The molecule has 0 fully saturated rings. The molecule has 0 radical (unpaired) electrons. The van der Waals surface area contributed by atoms with Gasteiger partial charge in [0.05, 0.1) is 11.7 Å². The van der Waals surface area contributed by atoms with Crippen LogP contribution in [-0.2, 0) is 6.42 Å². The number of hydrogen-bond donors (Lipinski definition) is 1. The Bertz CT molecular complexity index is 586. The molecule has 0 saturated heterocycles. The fourth-order valence-electron chi connectivity index (χ4n) is 2.60. The van der Waals surface area contributed by atoms with E-state index in [9.17, 15) is 0 Å². The van der Waals surface area contributed by atoms with Crippen molar-refractivity contribution in [2.24, 2.45) is 4.99 Å². The van der Waals surface area contributed by atoms with E-state index in [0.29, 0.717) is 0 Å². The lowest BCUT2D eigenvalue weighted by atomic mass is 10.0. The largest absolute Gasteiger partial charge is 0.353 e. The molecule has 2 aromatic rings. The highest BCUT2D eigenvalue weighted by Gasteiger charge is 2.25. The van der Waals surface area contributed by atoms with Gasteiger partial charge in [-0.2, -0.15) is 0 Å². The summed E-state index contributed by atoms with van der Waals surface area (Å²) >= 11 is 0. The number of benzene rings is 1. The maximum absolute atomic E-state index is 4.80. The molecule has 0 saturated carbocycles. The van der Waals surface area contributed by atoms with Crippen LogP contribution in [0, 0.1) is 0 Å². The third-order valence-electron chi connectivity index (χ3n) is 3.68. The van der Waals surface area contributed by atoms with Crippen LogP contribution in [0.4, 0.5) is 5.69 Å². The number of hydrogen-bond acceptors (Lipinski definition) is 3.